The Morgan fingerprint density at radius 3 is 2.75 bits per heavy atom. The largest absolute Gasteiger partial charge is 0.454 e. The summed E-state index contributed by atoms with van der Waals surface area (Å²) in [5.41, 5.74) is 5.06. The molecule has 4 heterocycles. The summed E-state index contributed by atoms with van der Waals surface area (Å²) in [6, 6.07) is 6.09. The van der Waals surface area contributed by atoms with Gasteiger partial charge in [0.1, 0.15) is 10.7 Å². The first-order chi connectivity index (χ1) is 17.7. The molecule has 2 aromatic heterocycles. The number of allylic oxidation sites excluding steroid dienone is 1. The Hall–Kier alpha value is -3.17. The molecule has 0 bridgehead atoms. The van der Waals surface area contributed by atoms with Crippen LogP contribution in [0.25, 0.3) is 10.9 Å². The zero-order valence-corrected chi connectivity index (χ0v) is 21.1. The average Bonchev–Trinajstić information content (AvgIpc) is 3.62. The first kappa shape index (κ1) is 23.2. The lowest BCUT2D eigenvalue weighted by Crippen LogP contribution is -2.38. The van der Waals surface area contributed by atoms with Crippen LogP contribution in [0.15, 0.2) is 41.6 Å². The van der Waals surface area contributed by atoms with Gasteiger partial charge >= 0.3 is 0 Å². The standard InChI is InChI=1S/C27H30N4O4S/c32-27(25-15-28-17-36-25)31(7-6-19-4-2-1-3-5-19)16-21-12-20-13-23-24(35-18-34-23)14-22(20)29-26(21)30-8-10-33-11-9-30/h4,12-15,17H,1-3,5-11,16,18H2. The van der Waals surface area contributed by atoms with Gasteiger partial charge in [-0.25, -0.2) is 4.98 Å². The van der Waals surface area contributed by atoms with E-state index in [-0.39, 0.29) is 12.7 Å². The lowest BCUT2D eigenvalue weighted by molar-refractivity contribution is 0.0749. The van der Waals surface area contributed by atoms with Gasteiger partial charge in [0.25, 0.3) is 5.91 Å². The number of amides is 1. The molecule has 188 valence electrons. The van der Waals surface area contributed by atoms with E-state index in [9.17, 15) is 4.79 Å². The molecule has 0 saturated carbocycles. The third kappa shape index (κ3) is 4.90. The van der Waals surface area contributed by atoms with Crippen LogP contribution in [0.2, 0.25) is 0 Å². The molecule has 1 fully saturated rings. The number of carbonyl (C=O) groups is 1. The minimum Gasteiger partial charge on any atom is -0.454 e. The summed E-state index contributed by atoms with van der Waals surface area (Å²) < 4.78 is 16.8. The number of morpholine rings is 1. The van der Waals surface area contributed by atoms with Crippen LogP contribution in [0.4, 0.5) is 5.82 Å². The highest BCUT2D eigenvalue weighted by Crippen LogP contribution is 2.37. The number of carbonyl (C=O) groups excluding carboxylic acids is 1. The summed E-state index contributed by atoms with van der Waals surface area (Å²) >= 11 is 1.39. The second-order valence-electron chi connectivity index (χ2n) is 9.42. The maximum atomic E-state index is 13.6. The van der Waals surface area contributed by atoms with Crippen molar-refractivity contribution in [2.24, 2.45) is 0 Å². The number of pyridine rings is 1. The van der Waals surface area contributed by atoms with E-state index in [1.165, 1.54) is 29.8 Å². The van der Waals surface area contributed by atoms with Crippen LogP contribution >= 0.6 is 11.3 Å². The van der Waals surface area contributed by atoms with Gasteiger partial charge in [0.2, 0.25) is 6.79 Å². The Morgan fingerprint density at radius 2 is 1.97 bits per heavy atom. The normalized spacial score (nSPS) is 17.3. The van der Waals surface area contributed by atoms with Crippen molar-refractivity contribution >= 4 is 34.0 Å². The number of anilines is 1. The third-order valence-electron chi connectivity index (χ3n) is 7.06. The van der Waals surface area contributed by atoms with Gasteiger partial charge in [0.15, 0.2) is 11.5 Å². The van der Waals surface area contributed by atoms with Crippen LogP contribution in [0.3, 0.4) is 0 Å². The van der Waals surface area contributed by atoms with Crippen molar-refractivity contribution in [1.29, 1.82) is 0 Å². The summed E-state index contributed by atoms with van der Waals surface area (Å²) in [6.07, 6.45) is 9.70. The molecule has 1 amide bonds. The number of ether oxygens (including phenoxy) is 3. The predicted octanol–water partition coefficient (Wildman–Crippen LogP) is 4.79. The van der Waals surface area contributed by atoms with Gasteiger partial charge in [0.05, 0.1) is 30.4 Å². The monoisotopic (exact) mass is 506 g/mol. The minimum absolute atomic E-state index is 0.0209. The van der Waals surface area contributed by atoms with Crippen molar-refractivity contribution in [2.75, 3.05) is 44.5 Å². The Bertz CT molecular complexity index is 1270. The number of benzene rings is 1. The molecular weight excluding hydrogens is 476 g/mol. The van der Waals surface area contributed by atoms with Gasteiger partial charge in [-0.05, 0) is 44.2 Å². The highest BCUT2D eigenvalue weighted by molar-refractivity contribution is 7.11. The van der Waals surface area contributed by atoms with E-state index in [1.54, 1.807) is 11.7 Å². The maximum absolute atomic E-state index is 13.6. The van der Waals surface area contributed by atoms with Crippen LogP contribution < -0.4 is 14.4 Å². The van der Waals surface area contributed by atoms with Gasteiger partial charge in [0, 0.05) is 43.2 Å². The molecule has 8 nitrogen and oxygen atoms in total. The van der Waals surface area contributed by atoms with Crippen molar-refractivity contribution in [1.82, 2.24) is 14.9 Å². The van der Waals surface area contributed by atoms with Gasteiger partial charge in [-0.3, -0.25) is 9.78 Å². The first-order valence-corrected chi connectivity index (χ1v) is 13.5. The van der Waals surface area contributed by atoms with E-state index in [0.717, 1.165) is 66.1 Å². The lowest BCUT2D eigenvalue weighted by atomic mass is 9.97. The van der Waals surface area contributed by atoms with E-state index in [0.29, 0.717) is 31.2 Å². The lowest BCUT2D eigenvalue weighted by Gasteiger charge is -2.31. The molecule has 6 rings (SSSR count). The Balaban J connectivity index is 1.36. The molecule has 3 aromatic rings. The molecule has 1 saturated heterocycles. The number of hydrogen-bond acceptors (Lipinski definition) is 8. The Kier molecular flexibility index (Phi) is 6.74. The van der Waals surface area contributed by atoms with Crippen LogP contribution in [0.5, 0.6) is 11.5 Å². The Morgan fingerprint density at radius 1 is 1.11 bits per heavy atom. The molecule has 2 aliphatic heterocycles. The molecule has 1 aromatic carbocycles. The molecule has 3 aliphatic rings. The summed E-state index contributed by atoms with van der Waals surface area (Å²) in [6.45, 7) is 4.24. The van der Waals surface area contributed by atoms with E-state index in [1.807, 2.05) is 17.0 Å². The van der Waals surface area contributed by atoms with Gasteiger partial charge in [-0.15, -0.1) is 11.3 Å². The van der Waals surface area contributed by atoms with Crippen molar-refractivity contribution in [2.45, 2.75) is 38.6 Å². The second-order valence-corrected chi connectivity index (χ2v) is 10.3. The van der Waals surface area contributed by atoms with Gasteiger partial charge in [-0.1, -0.05) is 11.6 Å². The van der Waals surface area contributed by atoms with Crippen molar-refractivity contribution in [3.63, 3.8) is 0 Å². The highest BCUT2D eigenvalue weighted by atomic mass is 32.1. The topological polar surface area (TPSA) is 77.0 Å². The van der Waals surface area contributed by atoms with Crippen molar-refractivity contribution in [3.05, 3.63) is 52.0 Å². The summed E-state index contributed by atoms with van der Waals surface area (Å²) in [5.74, 6) is 2.38. The number of fused-ring (bicyclic) bond motifs is 2. The van der Waals surface area contributed by atoms with Crippen LogP contribution in [-0.4, -0.2) is 60.4 Å². The highest BCUT2D eigenvalue weighted by Gasteiger charge is 2.24. The third-order valence-corrected chi connectivity index (χ3v) is 7.82. The second kappa shape index (κ2) is 10.4. The molecule has 0 atom stereocenters. The molecule has 0 radical (unpaired) electrons. The van der Waals surface area contributed by atoms with Gasteiger partial charge < -0.3 is 24.0 Å². The fourth-order valence-corrected chi connectivity index (χ4v) is 5.70. The molecule has 0 unspecified atom stereocenters. The van der Waals surface area contributed by atoms with Crippen molar-refractivity contribution < 1.29 is 19.0 Å². The van der Waals surface area contributed by atoms with E-state index >= 15 is 0 Å². The van der Waals surface area contributed by atoms with Crippen LogP contribution in [0, 0.1) is 0 Å². The van der Waals surface area contributed by atoms with Crippen LogP contribution in [0.1, 0.15) is 47.3 Å². The number of nitrogens with zero attached hydrogens (tertiary/aromatic N) is 4. The Labute approximate surface area is 214 Å². The van der Waals surface area contributed by atoms with Crippen molar-refractivity contribution in [3.8, 4) is 11.5 Å². The molecule has 0 spiro atoms. The fourth-order valence-electron chi connectivity index (χ4n) is 5.11. The maximum Gasteiger partial charge on any atom is 0.265 e. The minimum atomic E-state index is 0.0209. The molecule has 9 heteroatoms. The SMILES string of the molecule is O=C(c1cncs1)N(CCC1=CCCCC1)Cc1cc2cc3c(cc2nc1N1CCOCC1)OCO3. The number of rotatable bonds is 7. The first-order valence-electron chi connectivity index (χ1n) is 12.7. The van der Waals surface area contributed by atoms with E-state index < -0.39 is 0 Å². The summed E-state index contributed by atoms with van der Waals surface area (Å²) in [5, 5.41) is 0.978. The summed E-state index contributed by atoms with van der Waals surface area (Å²) in [7, 11) is 0. The van der Waals surface area contributed by atoms with E-state index in [2.05, 4.69) is 22.0 Å². The average molecular weight is 507 g/mol. The number of hydrogen-bond donors (Lipinski definition) is 0. The number of thiazole rings is 1. The zero-order chi connectivity index (χ0) is 24.3. The quantitative estimate of drug-likeness (QED) is 0.427. The smallest absolute Gasteiger partial charge is 0.265 e. The molecular formula is C27H30N4O4S. The van der Waals surface area contributed by atoms with Gasteiger partial charge in [-0.2, -0.15) is 0 Å². The molecule has 0 N–H and O–H groups in total. The molecule has 1 aliphatic carbocycles. The zero-order valence-electron chi connectivity index (χ0n) is 20.3. The molecule has 36 heavy (non-hydrogen) atoms. The predicted molar refractivity (Wildman–Crippen MR) is 139 cm³/mol. The fraction of sp³-hybridized carbons (Fsp3) is 0.444. The number of aromatic nitrogens is 2. The van der Waals surface area contributed by atoms with Crippen LogP contribution in [-0.2, 0) is 11.3 Å². The summed E-state index contributed by atoms with van der Waals surface area (Å²) in [4.78, 5) is 27.7. The van der Waals surface area contributed by atoms with E-state index in [4.69, 9.17) is 19.2 Å².